The molecule has 0 aliphatic heterocycles. The van der Waals surface area contributed by atoms with Gasteiger partial charge in [0.15, 0.2) is 0 Å². The van der Waals surface area contributed by atoms with Gasteiger partial charge in [0.1, 0.15) is 5.82 Å². The molecule has 1 saturated carbocycles. The molecule has 1 aromatic carbocycles. The molecule has 1 N–H and O–H groups in total. The molecule has 0 spiro atoms. The van der Waals surface area contributed by atoms with E-state index in [1.165, 1.54) is 32.1 Å². The summed E-state index contributed by atoms with van der Waals surface area (Å²) >= 11 is 0. The first kappa shape index (κ1) is 12.0. The first-order chi connectivity index (χ1) is 8.20. The van der Waals surface area contributed by atoms with Crippen molar-refractivity contribution in [3.05, 3.63) is 35.1 Å². The van der Waals surface area contributed by atoms with Crippen LogP contribution in [0.2, 0.25) is 0 Å². The summed E-state index contributed by atoms with van der Waals surface area (Å²) in [4.78, 5) is 11.2. The van der Waals surface area contributed by atoms with Crippen molar-refractivity contribution in [1.82, 2.24) is 5.32 Å². The fourth-order valence-corrected chi connectivity index (χ4v) is 1.69. The van der Waals surface area contributed by atoms with Crippen molar-refractivity contribution in [2.75, 3.05) is 13.7 Å². The fourth-order valence-electron chi connectivity index (χ4n) is 1.69. The Labute approximate surface area is 100.0 Å². The Kier molecular flexibility index (Phi) is 3.74. The van der Waals surface area contributed by atoms with Crippen molar-refractivity contribution in [3.8, 4) is 0 Å². The van der Waals surface area contributed by atoms with Crippen LogP contribution in [0.4, 0.5) is 4.39 Å². The standard InChI is InChI=1S/C13H16FNO2/c1-17-13(16)11-5-4-10(6-12(11)14)8-15-7-9-2-3-9/h4-6,9,15H,2-3,7-8H2,1H3. The molecule has 0 bridgehead atoms. The molecule has 0 amide bonds. The summed E-state index contributed by atoms with van der Waals surface area (Å²) in [6.07, 6.45) is 2.59. The first-order valence-corrected chi connectivity index (χ1v) is 5.78. The van der Waals surface area contributed by atoms with Gasteiger partial charge in [-0.25, -0.2) is 9.18 Å². The monoisotopic (exact) mass is 237 g/mol. The molecule has 0 radical (unpaired) electrons. The normalized spacial score (nSPS) is 14.7. The number of nitrogens with one attached hydrogen (secondary N) is 1. The van der Waals surface area contributed by atoms with E-state index >= 15 is 0 Å². The summed E-state index contributed by atoms with van der Waals surface area (Å²) in [5, 5.41) is 3.27. The van der Waals surface area contributed by atoms with Gasteiger partial charge in [0.05, 0.1) is 12.7 Å². The van der Waals surface area contributed by atoms with Crippen LogP contribution < -0.4 is 5.32 Å². The lowest BCUT2D eigenvalue weighted by molar-refractivity contribution is 0.0595. The molecule has 0 heterocycles. The minimum Gasteiger partial charge on any atom is -0.465 e. The van der Waals surface area contributed by atoms with Gasteiger partial charge in [-0.2, -0.15) is 0 Å². The lowest BCUT2D eigenvalue weighted by Gasteiger charge is -2.06. The molecular formula is C13H16FNO2. The lowest BCUT2D eigenvalue weighted by atomic mass is 10.1. The number of esters is 1. The van der Waals surface area contributed by atoms with Gasteiger partial charge in [-0.05, 0) is 43.0 Å². The van der Waals surface area contributed by atoms with Crippen LogP contribution in [0.1, 0.15) is 28.8 Å². The smallest absolute Gasteiger partial charge is 0.340 e. The third-order valence-corrected chi connectivity index (χ3v) is 2.90. The molecule has 92 valence electrons. The summed E-state index contributed by atoms with van der Waals surface area (Å²) in [5.74, 6) is -0.364. The van der Waals surface area contributed by atoms with Crippen LogP contribution in [-0.2, 0) is 11.3 Å². The number of halogens is 1. The molecule has 1 aliphatic carbocycles. The Morgan fingerprint density at radius 1 is 1.53 bits per heavy atom. The molecule has 2 rings (SSSR count). The van der Waals surface area contributed by atoms with E-state index in [1.807, 2.05) is 0 Å². The Balaban J connectivity index is 1.94. The van der Waals surface area contributed by atoms with Crippen LogP contribution in [0, 0.1) is 11.7 Å². The molecule has 3 nitrogen and oxygen atoms in total. The van der Waals surface area contributed by atoms with E-state index in [0.29, 0.717) is 6.54 Å². The largest absolute Gasteiger partial charge is 0.465 e. The highest BCUT2D eigenvalue weighted by atomic mass is 19.1. The zero-order valence-corrected chi connectivity index (χ0v) is 9.83. The van der Waals surface area contributed by atoms with Crippen molar-refractivity contribution in [2.24, 2.45) is 5.92 Å². The van der Waals surface area contributed by atoms with E-state index in [9.17, 15) is 9.18 Å². The molecule has 0 aromatic heterocycles. The fraction of sp³-hybridized carbons (Fsp3) is 0.462. The highest BCUT2D eigenvalue weighted by molar-refractivity contribution is 5.89. The first-order valence-electron chi connectivity index (χ1n) is 5.78. The third-order valence-electron chi connectivity index (χ3n) is 2.90. The lowest BCUT2D eigenvalue weighted by Crippen LogP contribution is -2.16. The van der Waals surface area contributed by atoms with Gasteiger partial charge in [-0.15, -0.1) is 0 Å². The second kappa shape index (κ2) is 5.27. The van der Waals surface area contributed by atoms with Crippen molar-refractivity contribution >= 4 is 5.97 Å². The summed E-state index contributed by atoms with van der Waals surface area (Å²) < 4.78 is 18.0. The number of hydrogen-bond acceptors (Lipinski definition) is 3. The van der Waals surface area contributed by atoms with Crippen molar-refractivity contribution in [1.29, 1.82) is 0 Å². The number of carbonyl (C=O) groups is 1. The van der Waals surface area contributed by atoms with Crippen LogP contribution in [0.3, 0.4) is 0 Å². The highest BCUT2D eigenvalue weighted by Gasteiger charge is 2.20. The van der Waals surface area contributed by atoms with Gasteiger partial charge < -0.3 is 10.1 Å². The zero-order chi connectivity index (χ0) is 12.3. The highest BCUT2D eigenvalue weighted by Crippen LogP contribution is 2.27. The Bertz CT molecular complexity index is 416. The van der Waals surface area contributed by atoms with Crippen LogP contribution in [-0.4, -0.2) is 19.6 Å². The predicted octanol–water partition coefficient (Wildman–Crippen LogP) is 2.11. The Hall–Kier alpha value is -1.42. The van der Waals surface area contributed by atoms with E-state index in [4.69, 9.17) is 0 Å². The van der Waals surface area contributed by atoms with Gasteiger partial charge in [0.25, 0.3) is 0 Å². The maximum Gasteiger partial charge on any atom is 0.340 e. The molecule has 0 unspecified atom stereocenters. The van der Waals surface area contributed by atoms with Crippen LogP contribution in [0.5, 0.6) is 0 Å². The molecule has 17 heavy (non-hydrogen) atoms. The van der Waals surface area contributed by atoms with Gasteiger partial charge in [0.2, 0.25) is 0 Å². The predicted molar refractivity (Wildman–Crippen MR) is 62.2 cm³/mol. The second-order valence-corrected chi connectivity index (χ2v) is 4.38. The number of carbonyl (C=O) groups excluding carboxylic acids is 1. The molecule has 1 aliphatic rings. The van der Waals surface area contributed by atoms with E-state index in [1.54, 1.807) is 6.07 Å². The molecule has 1 fully saturated rings. The summed E-state index contributed by atoms with van der Waals surface area (Å²) in [6, 6.07) is 4.59. The van der Waals surface area contributed by atoms with E-state index in [2.05, 4.69) is 10.1 Å². The van der Waals surface area contributed by atoms with Crippen LogP contribution in [0.15, 0.2) is 18.2 Å². The Morgan fingerprint density at radius 3 is 2.88 bits per heavy atom. The quantitative estimate of drug-likeness (QED) is 0.797. The molecule has 0 atom stereocenters. The van der Waals surface area contributed by atoms with Gasteiger partial charge in [-0.3, -0.25) is 0 Å². The van der Waals surface area contributed by atoms with E-state index in [0.717, 1.165) is 18.0 Å². The van der Waals surface area contributed by atoms with E-state index < -0.39 is 11.8 Å². The zero-order valence-electron chi connectivity index (χ0n) is 9.83. The number of benzene rings is 1. The summed E-state index contributed by atoms with van der Waals surface area (Å²) in [6.45, 7) is 1.62. The molecule has 0 saturated heterocycles. The van der Waals surface area contributed by atoms with Crippen molar-refractivity contribution in [3.63, 3.8) is 0 Å². The SMILES string of the molecule is COC(=O)c1ccc(CNCC2CC2)cc1F. The van der Waals surface area contributed by atoms with Crippen molar-refractivity contribution < 1.29 is 13.9 Å². The topological polar surface area (TPSA) is 38.3 Å². The number of hydrogen-bond donors (Lipinski definition) is 1. The minimum absolute atomic E-state index is 0.0153. The average Bonchev–Trinajstić information content (AvgIpc) is 3.12. The summed E-state index contributed by atoms with van der Waals surface area (Å²) in [5.41, 5.74) is 0.828. The molecule has 4 heteroatoms. The van der Waals surface area contributed by atoms with Crippen LogP contribution >= 0.6 is 0 Å². The van der Waals surface area contributed by atoms with Gasteiger partial charge >= 0.3 is 5.97 Å². The Morgan fingerprint density at radius 2 is 2.29 bits per heavy atom. The average molecular weight is 237 g/mol. The molecular weight excluding hydrogens is 221 g/mol. The van der Waals surface area contributed by atoms with Gasteiger partial charge in [-0.1, -0.05) is 6.07 Å². The maximum absolute atomic E-state index is 13.6. The van der Waals surface area contributed by atoms with E-state index in [-0.39, 0.29) is 5.56 Å². The van der Waals surface area contributed by atoms with Crippen molar-refractivity contribution in [2.45, 2.75) is 19.4 Å². The van der Waals surface area contributed by atoms with Gasteiger partial charge in [0, 0.05) is 6.54 Å². The second-order valence-electron chi connectivity index (χ2n) is 4.38. The number of ether oxygens (including phenoxy) is 1. The van der Waals surface area contributed by atoms with Crippen LogP contribution in [0.25, 0.3) is 0 Å². The number of methoxy groups -OCH3 is 1. The molecule has 1 aromatic rings. The number of rotatable bonds is 5. The summed E-state index contributed by atoms with van der Waals surface area (Å²) in [7, 11) is 1.24. The third kappa shape index (κ3) is 3.27. The minimum atomic E-state index is -0.639. The maximum atomic E-state index is 13.6.